The first-order chi connectivity index (χ1) is 16.3. The minimum atomic E-state index is -0.203. The lowest BCUT2D eigenvalue weighted by Gasteiger charge is -2.28. The van der Waals surface area contributed by atoms with Crippen LogP contribution >= 0.6 is 0 Å². The summed E-state index contributed by atoms with van der Waals surface area (Å²) in [6, 6.07) is 41.3. The molecule has 1 heterocycles. The van der Waals surface area contributed by atoms with Gasteiger partial charge in [0.2, 0.25) is 0 Å². The molecule has 1 aliphatic rings. The molecule has 0 saturated carbocycles. The standard InChI is InChI=1S/C32H22O/c1-32(21-11-3-2-4-12-21)27-18-7-5-14-26(27)30-23(15-10-19-28(30)32)25-17-9-16-24-22-13-6-8-20-29(22)33-31(24)25/h2-20H,1H3. The van der Waals surface area contributed by atoms with Crippen LogP contribution in [0.25, 0.3) is 44.2 Å². The molecule has 5 aromatic carbocycles. The fourth-order valence-corrected chi connectivity index (χ4v) is 5.81. The lowest BCUT2D eigenvalue weighted by molar-refractivity contribution is 0.670. The third-order valence-corrected chi connectivity index (χ3v) is 7.38. The van der Waals surface area contributed by atoms with Gasteiger partial charge in [-0.1, -0.05) is 109 Å². The van der Waals surface area contributed by atoms with Crippen LogP contribution in [0.1, 0.15) is 23.6 Å². The summed E-state index contributed by atoms with van der Waals surface area (Å²) in [5.41, 5.74) is 10.7. The van der Waals surface area contributed by atoms with Gasteiger partial charge in [0.25, 0.3) is 0 Å². The molecule has 0 fully saturated rings. The first-order valence-corrected chi connectivity index (χ1v) is 11.5. The topological polar surface area (TPSA) is 13.1 Å². The van der Waals surface area contributed by atoms with E-state index in [2.05, 4.69) is 116 Å². The first-order valence-electron chi connectivity index (χ1n) is 11.5. The quantitative estimate of drug-likeness (QED) is 0.272. The maximum Gasteiger partial charge on any atom is 0.143 e. The highest BCUT2D eigenvalue weighted by atomic mass is 16.3. The van der Waals surface area contributed by atoms with Gasteiger partial charge in [0.05, 0.1) is 0 Å². The average molecular weight is 423 g/mol. The Bertz CT molecular complexity index is 1670. The third kappa shape index (κ3) is 2.42. The van der Waals surface area contributed by atoms with Gasteiger partial charge >= 0.3 is 0 Å². The lowest BCUT2D eigenvalue weighted by Crippen LogP contribution is -2.22. The van der Waals surface area contributed by atoms with Gasteiger partial charge in [-0.2, -0.15) is 0 Å². The molecule has 1 heteroatoms. The molecule has 0 amide bonds. The van der Waals surface area contributed by atoms with Gasteiger partial charge in [-0.15, -0.1) is 0 Å². The molecule has 1 aromatic heterocycles. The maximum atomic E-state index is 6.42. The number of hydrogen-bond donors (Lipinski definition) is 0. The zero-order chi connectivity index (χ0) is 22.0. The number of hydrogen-bond acceptors (Lipinski definition) is 1. The van der Waals surface area contributed by atoms with Crippen molar-refractivity contribution >= 4 is 21.9 Å². The monoisotopic (exact) mass is 422 g/mol. The summed E-state index contributed by atoms with van der Waals surface area (Å²) >= 11 is 0. The molecule has 0 aliphatic heterocycles. The highest BCUT2D eigenvalue weighted by molar-refractivity contribution is 6.11. The maximum absolute atomic E-state index is 6.42. The van der Waals surface area contributed by atoms with E-state index in [1.54, 1.807) is 0 Å². The van der Waals surface area contributed by atoms with Crippen molar-refractivity contribution in [1.82, 2.24) is 0 Å². The predicted molar refractivity (Wildman–Crippen MR) is 137 cm³/mol. The van der Waals surface area contributed by atoms with Crippen LogP contribution in [0.4, 0.5) is 0 Å². The smallest absolute Gasteiger partial charge is 0.143 e. The van der Waals surface area contributed by atoms with Gasteiger partial charge in [0.1, 0.15) is 11.2 Å². The highest BCUT2D eigenvalue weighted by Crippen LogP contribution is 2.55. The van der Waals surface area contributed by atoms with Crippen LogP contribution in [0.3, 0.4) is 0 Å². The van der Waals surface area contributed by atoms with Crippen LogP contribution in [0.5, 0.6) is 0 Å². The predicted octanol–water partition coefficient (Wildman–Crippen LogP) is 8.59. The van der Waals surface area contributed by atoms with Crippen molar-refractivity contribution in [2.45, 2.75) is 12.3 Å². The van der Waals surface area contributed by atoms with Crippen molar-refractivity contribution < 1.29 is 4.42 Å². The molecule has 6 aromatic rings. The molecule has 1 unspecified atom stereocenters. The second-order valence-electron chi connectivity index (χ2n) is 9.05. The highest BCUT2D eigenvalue weighted by Gasteiger charge is 2.41. The van der Waals surface area contributed by atoms with Crippen LogP contribution in [-0.4, -0.2) is 0 Å². The minimum absolute atomic E-state index is 0.203. The van der Waals surface area contributed by atoms with Crippen LogP contribution < -0.4 is 0 Å². The fraction of sp³-hybridized carbons (Fsp3) is 0.0625. The summed E-state index contributed by atoms with van der Waals surface area (Å²) in [5.74, 6) is 0. The van der Waals surface area contributed by atoms with Crippen molar-refractivity contribution in [1.29, 1.82) is 0 Å². The Labute approximate surface area is 192 Å². The van der Waals surface area contributed by atoms with E-state index in [1.807, 2.05) is 6.07 Å². The van der Waals surface area contributed by atoms with Gasteiger partial charge in [-0.25, -0.2) is 0 Å². The molecular formula is C32H22O. The summed E-state index contributed by atoms with van der Waals surface area (Å²) in [7, 11) is 0. The van der Waals surface area contributed by atoms with Crippen molar-refractivity contribution in [3.63, 3.8) is 0 Å². The van der Waals surface area contributed by atoms with E-state index in [9.17, 15) is 0 Å². The zero-order valence-corrected chi connectivity index (χ0v) is 18.4. The van der Waals surface area contributed by atoms with E-state index in [0.717, 1.165) is 27.5 Å². The Morgan fingerprint density at radius 3 is 2.06 bits per heavy atom. The summed E-state index contributed by atoms with van der Waals surface area (Å²) in [5, 5.41) is 2.33. The molecule has 33 heavy (non-hydrogen) atoms. The Hall–Kier alpha value is -4.10. The van der Waals surface area contributed by atoms with Crippen molar-refractivity contribution in [2.24, 2.45) is 0 Å². The summed E-state index contributed by atoms with van der Waals surface area (Å²) in [4.78, 5) is 0. The fourth-order valence-electron chi connectivity index (χ4n) is 5.81. The minimum Gasteiger partial charge on any atom is -0.455 e. The van der Waals surface area contributed by atoms with Crippen molar-refractivity contribution in [3.05, 3.63) is 132 Å². The second kappa shape index (κ2) is 6.70. The molecule has 1 atom stereocenters. The van der Waals surface area contributed by atoms with Crippen molar-refractivity contribution in [3.8, 4) is 22.3 Å². The molecule has 0 saturated heterocycles. The summed E-state index contributed by atoms with van der Waals surface area (Å²) < 4.78 is 6.42. The summed E-state index contributed by atoms with van der Waals surface area (Å²) in [6.07, 6.45) is 0. The van der Waals surface area contributed by atoms with Gasteiger partial charge in [-0.3, -0.25) is 0 Å². The molecule has 7 rings (SSSR count). The number of fused-ring (bicyclic) bond motifs is 6. The Morgan fingerprint density at radius 1 is 0.515 bits per heavy atom. The van der Waals surface area contributed by atoms with Crippen LogP contribution in [-0.2, 0) is 5.41 Å². The van der Waals surface area contributed by atoms with Gasteiger partial charge in [-0.05, 0) is 46.4 Å². The third-order valence-electron chi connectivity index (χ3n) is 7.38. The second-order valence-corrected chi connectivity index (χ2v) is 9.05. The van der Waals surface area contributed by atoms with Crippen LogP contribution in [0.2, 0.25) is 0 Å². The van der Waals surface area contributed by atoms with Gasteiger partial charge < -0.3 is 4.42 Å². The molecule has 0 N–H and O–H groups in total. The number of rotatable bonds is 2. The Balaban J connectivity index is 1.58. The van der Waals surface area contributed by atoms with E-state index in [1.165, 1.54) is 33.4 Å². The molecule has 1 aliphatic carbocycles. The largest absolute Gasteiger partial charge is 0.455 e. The van der Waals surface area contributed by atoms with Crippen molar-refractivity contribution in [2.75, 3.05) is 0 Å². The number of para-hydroxylation sites is 2. The van der Waals surface area contributed by atoms with Gasteiger partial charge in [0.15, 0.2) is 0 Å². The van der Waals surface area contributed by atoms with E-state index in [4.69, 9.17) is 4.42 Å². The Kier molecular flexibility index (Phi) is 3.75. The molecule has 0 radical (unpaired) electrons. The molecule has 1 nitrogen and oxygen atoms in total. The zero-order valence-electron chi connectivity index (χ0n) is 18.4. The summed E-state index contributed by atoms with van der Waals surface area (Å²) in [6.45, 7) is 2.36. The lowest BCUT2D eigenvalue weighted by atomic mass is 9.74. The number of benzene rings is 5. The van der Waals surface area contributed by atoms with E-state index in [0.29, 0.717) is 0 Å². The number of furan rings is 1. The van der Waals surface area contributed by atoms with Gasteiger partial charge in [0, 0.05) is 21.8 Å². The first kappa shape index (κ1) is 18.5. The molecule has 0 spiro atoms. The van der Waals surface area contributed by atoms with Crippen LogP contribution in [0, 0.1) is 0 Å². The normalized spacial score (nSPS) is 16.8. The molecule has 156 valence electrons. The van der Waals surface area contributed by atoms with Crippen LogP contribution in [0.15, 0.2) is 120 Å². The van der Waals surface area contributed by atoms with E-state index < -0.39 is 0 Å². The van der Waals surface area contributed by atoms with E-state index in [-0.39, 0.29) is 5.41 Å². The Morgan fingerprint density at radius 2 is 1.15 bits per heavy atom. The molecular weight excluding hydrogens is 400 g/mol. The SMILES string of the molecule is CC1(c2ccccc2)c2ccccc2-c2c(-c3cccc4c3oc3ccccc34)cccc21. The average Bonchev–Trinajstić information content (AvgIpc) is 3.39. The van der Waals surface area contributed by atoms with E-state index >= 15 is 0 Å². The molecule has 0 bridgehead atoms.